The van der Waals surface area contributed by atoms with Crippen LogP contribution in [-0.2, 0) is 0 Å². The summed E-state index contributed by atoms with van der Waals surface area (Å²) in [5.74, 6) is 0. The van der Waals surface area contributed by atoms with Crippen molar-refractivity contribution in [3.63, 3.8) is 0 Å². The number of benzene rings is 5. The highest BCUT2D eigenvalue weighted by molar-refractivity contribution is 6.42. The molecule has 2 nitrogen and oxygen atoms in total. The molecule has 0 atom stereocenters. The van der Waals surface area contributed by atoms with E-state index < -0.39 is 7.40 Å². The zero-order chi connectivity index (χ0) is 27.1. The van der Waals surface area contributed by atoms with E-state index in [2.05, 4.69) is 24.3 Å². The summed E-state index contributed by atoms with van der Waals surface area (Å²) in [7, 11) is -2.75. The second kappa shape index (κ2) is 9.94. The van der Waals surface area contributed by atoms with Gasteiger partial charge in [0.25, 0.3) is 0 Å². The van der Waals surface area contributed by atoms with Crippen molar-refractivity contribution in [1.29, 1.82) is 0 Å². The lowest BCUT2D eigenvalue weighted by molar-refractivity contribution is 0.630. The largest absolute Gasteiger partial charge is 0.678 e. The predicted octanol–water partition coefficient (Wildman–Crippen LogP) is 9.05. The Hall–Kier alpha value is -5.03. The molecule has 7 rings (SSSR count). The van der Waals surface area contributed by atoms with Crippen LogP contribution in [0, 0.1) is 0 Å². The van der Waals surface area contributed by atoms with Crippen LogP contribution in [0.25, 0.3) is 38.4 Å². The standard InChI is InChI=1S/C35H23BF2N2/c37-36(38)40-33(30-19-9-15-25-11-5-7-17-28(25)30)22-23-34(40)35(26-12-2-1-3-13-26)32-21-20-31(39-32)29-18-8-14-24-10-4-6-16-27(24)29/h1-23H/b35-32-. The highest BCUT2D eigenvalue weighted by atomic mass is 19.2. The number of nitrogens with zero attached hydrogens (tertiary/aromatic N) is 2. The normalized spacial score (nSPS) is 14.1. The molecule has 0 unspecified atom stereocenters. The van der Waals surface area contributed by atoms with Gasteiger partial charge >= 0.3 is 7.40 Å². The van der Waals surface area contributed by atoms with Gasteiger partial charge in [0.15, 0.2) is 0 Å². The van der Waals surface area contributed by atoms with Gasteiger partial charge in [-0.3, -0.25) is 8.63 Å². The molecule has 1 aliphatic rings. The summed E-state index contributed by atoms with van der Waals surface area (Å²) in [4.78, 5) is 5.02. The van der Waals surface area contributed by atoms with E-state index >= 15 is 0 Å². The lowest BCUT2D eigenvalue weighted by atomic mass is 9.98. The molecular weight excluding hydrogens is 497 g/mol. The fraction of sp³-hybridized carbons (Fsp3) is 0. The quantitative estimate of drug-likeness (QED) is 0.202. The summed E-state index contributed by atoms with van der Waals surface area (Å²) in [6.45, 7) is 0. The van der Waals surface area contributed by atoms with Gasteiger partial charge in [-0.2, -0.15) is 0 Å². The van der Waals surface area contributed by atoms with Gasteiger partial charge in [-0.05, 0) is 51.4 Å². The van der Waals surface area contributed by atoms with Crippen LogP contribution in [0.15, 0.2) is 150 Å². The van der Waals surface area contributed by atoms with Crippen molar-refractivity contribution in [1.82, 2.24) is 4.48 Å². The Morgan fingerprint density at radius 2 is 1.18 bits per heavy atom. The molecular formula is C35H23BF2N2. The minimum Gasteiger partial charge on any atom is -0.325 e. The molecule has 0 N–H and O–H groups in total. The van der Waals surface area contributed by atoms with Gasteiger partial charge in [0.2, 0.25) is 0 Å². The van der Waals surface area contributed by atoms with E-state index in [-0.39, 0.29) is 0 Å². The number of aliphatic imine (C=N–C) groups is 1. The molecule has 190 valence electrons. The first-order valence-electron chi connectivity index (χ1n) is 13.2. The van der Waals surface area contributed by atoms with E-state index in [9.17, 15) is 8.63 Å². The minimum absolute atomic E-state index is 0.423. The topological polar surface area (TPSA) is 17.3 Å². The highest BCUT2D eigenvalue weighted by Crippen LogP contribution is 2.37. The molecule has 5 heteroatoms. The number of hydrogen-bond acceptors (Lipinski definition) is 1. The average molecular weight is 520 g/mol. The first-order valence-corrected chi connectivity index (χ1v) is 13.2. The maximum absolute atomic E-state index is 15.0. The maximum atomic E-state index is 15.0. The predicted molar refractivity (Wildman–Crippen MR) is 163 cm³/mol. The third-order valence-electron chi connectivity index (χ3n) is 7.46. The van der Waals surface area contributed by atoms with Gasteiger partial charge in [-0.1, -0.05) is 115 Å². The molecule has 0 aliphatic carbocycles. The van der Waals surface area contributed by atoms with Crippen LogP contribution >= 0.6 is 0 Å². The lowest BCUT2D eigenvalue weighted by Crippen LogP contribution is -2.17. The van der Waals surface area contributed by atoms with Gasteiger partial charge < -0.3 is 4.48 Å². The first-order chi connectivity index (χ1) is 19.7. The molecule has 0 saturated heterocycles. The van der Waals surface area contributed by atoms with Gasteiger partial charge in [0.05, 0.1) is 11.4 Å². The third kappa shape index (κ3) is 4.07. The van der Waals surface area contributed by atoms with Crippen LogP contribution in [-0.4, -0.2) is 17.6 Å². The number of halogens is 2. The van der Waals surface area contributed by atoms with Crippen LogP contribution in [0.4, 0.5) is 8.63 Å². The summed E-state index contributed by atoms with van der Waals surface area (Å²) < 4.78 is 31.1. The molecule has 1 aromatic heterocycles. The Labute approximate surface area is 231 Å². The van der Waals surface area contributed by atoms with Crippen molar-refractivity contribution in [2.75, 3.05) is 0 Å². The van der Waals surface area contributed by atoms with Crippen molar-refractivity contribution in [3.05, 3.63) is 162 Å². The Morgan fingerprint density at radius 1 is 0.575 bits per heavy atom. The third-order valence-corrected chi connectivity index (χ3v) is 7.46. The second-order valence-electron chi connectivity index (χ2n) is 9.76. The summed E-state index contributed by atoms with van der Waals surface area (Å²) >= 11 is 0. The Balaban J connectivity index is 1.46. The first kappa shape index (κ1) is 24.0. The Bertz CT molecular complexity index is 1970. The lowest BCUT2D eigenvalue weighted by Gasteiger charge is -2.16. The van der Waals surface area contributed by atoms with Crippen LogP contribution in [0.3, 0.4) is 0 Å². The number of aromatic nitrogens is 1. The van der Waals surface area contributed by atoms with Crippen LogP contribution in [0.2, 0.25) is 0 Å². The van der Waals surface area contributed by atoms with Gasteiger partial charge in [-0.25, -0.2) is 4.99 Å². The van der Waals surface area contributed by atoms with E-state index in [0.717, 1.165) is 48.4 Å². The SMILES string of the molecule is FB(F)n1c(/C(=C2/C=CC(c3cccc4ccccc34)=N2)c2ccccc2)ccc1-c1cccc2ccccc12. The van der Waals surface area contributed by atoms with Gasteiger partial charge in [0.1, 0.15) is 0 Å². The van der Waals surface area contributed by atoms with Gasteiger partial charge in [0, 0.05) is 28.1 Å². The molecule has 0 saturated carbocycles. The van der Waals surface area contributed by atoms with Crippen LogP contribution in [0.5, 0.6) is 0 Å². The zero-order valence-corrected chi connectivity index (χ0v) is 21.5. The second-order valence-corrected chi connectivity index (χ2v) is 9.76. The molecule has 0 spiro atoms. The van der Waals surface area contributed by atoms with Crippen molar-refractivity contribution in [2.24, 2.45) is 4.99 Å². The highest BCUT2D eigenvalue weighted by Gasteiger charge is 2.28. The molecule has 1 aliphatic heterocycles. The Morgan fingerprint density at radius 3 is 1.88 bits per heavy atom. The summed E-state index contributed by atoms with van der Waals surface area (Å²) in [5, 5.41) is 4.17. The van der Waals surface area contributed by atoms with Crippen molar-refractivity contribution in [3.8, 4) is 11.3 Å². The average Bonchev–Trinajstić information content (AvgIpc) is 3.66. The summed E-state index contributed by atoms with van der Waals surface area (Å²) in [6, 6.07) is 41.3. The summed E-state index contributed by atoms with van der Waals surface area (Å²) in [5.41, 5.74) is 5.63. The van der Waals surface area contributed by atoms with E-state index in [4.69, 9.17) is 4.99 Å². The zero-order valence-electron chi connectivity index (χ0n) is 21.5. The van der Waals surface area contributed by atoms with E-state index in [0.29, 0.717) is 22.7 Å². The minimum atomic E-state index is -2.75. The number of rotatable bonds is 5. The van der Waals surface area contributed by atoms with Crippen molar-refractivity contribution >= 4 is 40.2 Å². The molecule has 0 amide bonds. The molecule has 0 fully saturated rings. The number of fused-ring (bicyclic) bond motifs is 2. The molecule has 6 aromatic rings. The monoisotopic (exact) mass is 520 g/mol. The summed E-state index contributed by atoms with van der Waals surface area (Å²) in [6.07, 6.45) is 3.90. The number of hydrogen-bond donors (Lipinski definition) is 0. The maximum Gasteiger partial charge on any atom is 0.678 e. The molecule has 0 bridgehead atoms. The molecule has 40 heavy (non-hydrogen) atoms. The number of allylic oxidation sites excluding steroid dienone is 2. The molecule has 5 aromatic carbocycles. The fourth-order valence-corrected chi connectivity index (χ4v) is 5.66. The fourth-order valence-electron chi connectivity index (χ4n) is 5.66. The molecule has 0 radical (unpaired) electrons. The van der Waals surface area contributed by atoms with E-state index in [1.807, 2.05) is 103 Å². The van der Waals surface area contributed by atoms with Crippen LogP contribution < -0.4 is 0 Å². The van der Waals surface area contributed by atoms with E-state index in [1.54, 1.807) is 12.1 Å². The van der Waals surface area contributed by atoms with Crippen molar-refractivity contribution in [2.45, 2.75) is 0 Å². The Kier molecular flexibility index (Phi) is 5.97. The van der Waals surface area contributed by atoms with Crippen LogP contribution in [0.1, 0.15) is 16.8 Å². The van der Waals surface area contributed by atoms with E-state index in [1.165, 1.54) is 0 Å². The molecule has 2 heterocycles. The van der Waals surface area contributed by atoms with Gasteiger partial charge in [-0.15, -0.1) is 0 Å². The van der Waals surface area contributed by atoms with Crippen molar-refractivity contribution < 1.29 is 8.63 Å². The smallest absolute Gasteiger partial charge is 0.325 e.